The molecule has 7 nitrogen and oxygen atoms in total. The van der Waals surface area contributed by atoms with E-state index >= 15 is 0 Å². The van der Waals surface area contributed by atoms with Crippen LogP contribution in [0.15, 0.2) is 18.2 Å². The zero-order chi connectivity index (χ0) is 14.0. The van der Waals surface area contributed by atoms with Crippen LogP contribution in [0, 0.1) is 21.4 Å². The van der Waals surface area contributed by atoms with Crippen molar-refractivity contribution in [2.45, 2.75) is 6.92 Å². The Bertz CT molecular complexity index is 579. The molecule has 0 spiro atoms. The molecule has 1 aromatic carbocycles. The van der Waals surface area contributed by atoms with E-state index in [1.165, 1.54) is 18.2 Å². The van der Waals surface area contributed by atoms with Gasteiger partial charge in [0, 0.05) is 12.6 Å². The third kappa shape index (κ3) is 2.33. The maximum Gasteiger partial charge on any atom is 0.293 e. The normalized spacial score (nSPS) is 14.6. The largest absolute Gasteiger partial charge is 0.339 e. The van der Waals surface area contributed by atoms with E-state index < -0.39 is 4.92 Å². The number of nitriles is 1. The summed E-state index contributed by atoms with van der Waals surface area (Å²) in [5.41, 5.74) is 0.450. The number of hydrogen-bond acceptors (Lipinski definition) is 5. The van der Waals surface area contributed by atoms with Crippen LogP contribution in [-0.4, -0.2) is 35.5 Å². The second-order valence-corrected chi connectivity index (χ2v) is 4.16. The first-order valence-electron chi connectivity index (χ1n) is 5.78. The number of amides is 1. The van der Waals surface area contributed by atoms with Crippen LogP contribution in [-0.2, 0) is 4.79 Å². The Kier molecular flexibility index (Phi) is 3.33. The highest BCUT2D eigenvalue weighted by Gasteiger charge is 2.30. The number of hydrogen-bond donors (Lipinski definition) is 0. The van der Waals surface area contributed by atoms with E-state index in [9.17, 15) is 14.9 Å². The van der Waals surface area contributed by atoms with Crippen LogP contribution in [0.5, 0.6) is 0 Å². The van der Waals surface area contributed by atoms with Crippen molar-refractivity contribution in [3.05, 3.63) is 33.9 Å². The van der Waals surface area contributed by atoms with Gasteiger partial charge in [-0.05, 0) is 19.1 Å². The Morgan fingerprint density at radius 1 is 1.53 bits per heavy atom. The molecule has 0 atom stereocenters. The average molecular weight is 260 g/mol. The predicted octanol–water partition coefficient (Wildman–Crippen LogP) is 1.09. The number of nitro benzene ring substituents is 1. The summed E-state index contributed by atoms with van der Waals surface area (Å²) < 4.78 is 0. The molecule has 0 saturated carbocycles. The Labute approximate surface area is 109 Å². The first-order valence-corrected chi connectivity index (χ1v) is 5.78. The summed E-state index contributed by atoms with van der Waals surface area (Å²) in [4.78, 5) is 25.4. The molecule has 0 aliphatic carbocycles. The van der Waals surface area contributed by atoms with Crippen LogP contribution in [0.4, 0.5) is 11.4 Å². The second-order valence-electron chi connectivity index (χ2n) is 4.16. The summed E-state index contributed by atoms with van der Waals surface area (Å²) in [5.74, 6) is -0.0545. The molecule has 0 N–H and O–H groups in total. The number of benzene rings is 1. The van der Waals surface area contributed by atoms with Crippen molar-refractivity contribution in [2.75, 3.05) is 24.7 Å². The summed E-state index contributed by atoms with van der Waals surface area (Å²) in [6.45, 7) is 2.89. The van der Waals surface area contributed by atoms with Gasteiger partial charge in [0.05, 0.1) is 29.8 Å². The van der Waals surface area contributed by atoms with E-state index in [0.29, 0.717) is 18.9 Å². The minimum absolute atomic E-state index is 0.0545. The van der Waals surface area contributed by atoms with E-state index in [1.54, 1.807) is 9.80 Å². The van der Waals surface area contributed by atoms with Gasteiger partial charge in [-0.15, -0.1) is 0 Å². The number of carbonyl (C=O) groups is 1. The fourth-order valence-corrected chi connectivity index (χ4v) is 2.04. The molecule has 1 aliphatic heterocycles. The molecule has 98 valence electrons. The molecular formula is C12H12N4O3. The van der Waals surface area contributed by atoms with Gasteiger partial charge < -0.3 is 9.80 Å². The quantitative estimate of drug-likeness (QED) is 0.599. The summed E-state index contributed by atoms with van der Waals surface area (Å²) in [6, 6.07) is 6.13. The molecule has 0 radical (unpaired) electrons. The standard InChI is InChI=1S/C12H12N4O3/c1-2-14-8-15(7-12(14)17)10-4-3-9(6-13)5-11(10)16(18)19/h3-5H,2,7-8H2,1H3. The predicted molar refractivity (Wildman–Crippen MR) is 67.4 cm³/mol. The van der Waals surface area contributed by atoms with Crippen LogP contribution in [0.3, 0.4) is 0 Å². The highest BCUT2D eigenvalue weighted by atomic mass is 16.6. The van der Waals surface area contributed by atoms with Crippen molar-refractivity contribution in [3.8, 4) is 6.07 Å². The third-order valence-electron chi connectivity index (χ3n) is 3.04. The van der Waals surface area contributed by atoms with Crippen LogP contribution in [0.2, 0.25) is 0 Å². The van der Waals surface area contributed by atoms with Gasteiger partial charge in [0.2, 0.25) is 5.91 Å². The molecule has 1 heterocycles. The highest BCUT2D eigenvalue weighted by Crippen LogP contribution is 2.30. The van der Waals surface area contributed by atoms with Gasteiger partial charge in [-0.3, -0.25) is 14.9 Å². The van der Waals surface area contributed by atoms with Gasteiger partial charge in [0.25, 0.3) is 5.69 Å². The van der Waals surface area contributed by atoms with Crippen molar-refractivity contribution in [3.63, 3.8) is 0 Å². The number of anilines is 1. The molecule has 2 rings (SSSR count). The zero-order valence-electron chi connectivity index (χ0n) is 10.4. The van der Waals surface area contributed by atoms with Crippen LogP contribution >= 0.6 is 0 Å². The molecule has 19 heavy (non-hydrogen) atoms. The van der Waals surface area contributed by atoms with Crippen LogP contribution in [0.1, 0.15) is 12.5 Å². The highest BCUT2D eigenvalue weighted by molar-refractivity contribution is 5.86. The Morgan fingerprint density at radius 3 is 2.79 bits per heavy atom. The van der Waals surface area contributed by atoms with Crippen molar-refractivity contribution in [2.24, 2.45) is 0 Å². The summed E-state index contributed by atoms with van der Waals surface area (Å²) in [5, 5.41) is 19.8. The maximum atomic E-state index is 11.7. The number of nitrogens with zero attached hydrogens (tertiary/aromatic N) is 4. The van der Waals surface area contributed by atoms with Crippen LogP contribution < -0.4 is 4.90 Å². The Morgan fingerprint density at radius 2 is 2.26 bits per heavy atom. The molecule has 1 saturated heterocycles. The molecule has 0 aromatic heterocycles. The minimum Gasteiger partial charge on any atom is -0.339 e. The van der Waals surface area contributed by atoms with Gasteiger partial charge in [-0.25, -0.2) is 0 Å². The first-order chi connectivity index (χ1) is 9.06. The first kappa shape index (κ1) is 12.8. The van der Waals surface area contributed by atoms with Gasteiger partial charge in [-0.1, -0.05) is 0 Å². The van der Waals surface area contributed by atoms with E-state index in [1.807, 2.05) is 13.0 Å². The molecular weight excluding hydrogens is 248 g/mol. The molecule has 0 unspecified atom stereocenters. The number of likely N-dealkylation sites (N-methyl/N-ethyl adjacent to an activating group) is 1. The lowest BCUT2D eigenvalue weighted by atomic mass is 10.2. The Balaban J connectivity index is 2.38. The lowest BCUT2D eigenvalue weighted by molar-refractivity contribution is -0.384. The van der Waals surface area contributed by atoms with Crippen molar-refractivity contribution < 1.29 is 9.72 Å². The van der Waals surface area contributed by atoms with E-state index in [0.717, 1.165) is 0 Å². The monoisotopic (exact) mass is 260 g/mol. The molecule has 1 amide bonds. The fraction of sp³-hybridized carbons (Fsp3) is 0.333. The molecule has 1 fully saturated rings. The van der Waals surface area contributed by atoms with E-state index in [2.05, 4.69) is 0 Å². The second kappa shape index (κ2) is 4.94. The minimum atomic E-state index is -0.532. The van der Waals surface area contributed by atoms with Crippen molar-refractivity contribution >= 4 is 17.3 Å². The topological polar surface area (TPSA) is 90.5 Å². The summed E-state index contributed by atoms with van der Waals surface area (Å²) in [7, 11) is 0. The Hall–Kier alpha value is -2.62. The van der Waals surface area contributed by atoms with Gasteiger partial charge in [0.15, 0.2) is 0 Å². The van der Waals surface area contributed by atoms with Crippen molar-refractivity contribution in [1.82, 2.24) is 4.90 Å². The van der Waals surface area contributed by atoms with E-state index in [4.69, 9.17) is 5.26 Å². The van der Waals surface area contributed by atoms with Gasteiger partial charge >= 0.3 is 0 Å². The molecule has 1 aromatic rings. The van der Waals surface area contributed by atoms with E-state index in [-0.39, 0.29) is 23.7 Å². The van der Waals surface area contributed by atoms with Gasteiger partial charge in [0.1, 0.15) is 5.69 Å². The van der Waals surface area contributed by atoms with Crippen molar-refractivity contribution in [1.29, 1.82) is 5.26 Å². The van der Waals surface area contributed by atoms with Gasteiger partial charge in [-0.2, -0.15) is 5.26 Å². The smallest absolute Gasteiger partial charge is 0.293 e. The lowest BCUT2D eigenvalue weighted by Gasteiger charge is -2.18. The molecule has 0 bridgehead atoms. The number of rotatable bonds is 3. The maximum absolute atomic E-state index is 11.7. The summed E-state index contributed by atoms with van der Waals surface area (Å²) in [6.07, 6.45) is 0. The SMILES string of the molecule is CCN1CN(c2ccc(C#N)cc2[N+](=O)[O-])CC1=O. The molecule has 7 heteroatoms. The third-order valence-corrected chi connectivity index (χ3v) is 3.04. The zero-order valence-corrected chi connectivity index (χ0v) is 10.4. The fourth-order valence-electron chi connectivity index (χ4n) is 2.04. The number of nitro groups is 1. The number of carbonyl (C=O) groups excluding carboxylic acids is 1. The molecule has 1 aliphatic rings. The summed E-state index contributed by atoms with van der Waals surface area (Å²) >= 11 is 0. The average Bonchev–Trinajstić information content (AvgIpc) is 2.79. The van der Waals surface area contributed by atoms with Crippen LogP contribution in [0.25, 0.3) is 0 Å². The lowest BCUT2D eigenvalue weighted by Crippen LogP contribution is -2.26.